The number of unbranched alkanes of at least 4 members (excludes halogenated alkanes) is 31. The summed E-state index contributed by atoms with van der Waals surface area (Å²) in [5.74, 6) is -0.173. The second kappa shape index (κ2) is 39.1. The molecule has 1 heterocycles. The standard InChI is InChI=1S/C48H93NO8/c1-3-5-7-9-11-13-15-17-18-19-20-21-22-23-24-26-28-30-32-34-36-38-44(52)49-41(40-56-48-47(55)46(54)45(53)43(39-50)57-48)42(51)37-35-33-31-29-27-25-16-14-12-10-8-6-4-2/h35,37,41-43,45-48,50-51,53-55H,3-34,36,38-40H2,1-2H3,(H,49,52)/b37-35+/t41?,42?,43-,45+,46+,47-,48+/m1/s1. The summed E-state index contributed by atoms with van der Waals surface area (Å²) in [6, 6.07) is -0.798. The highest BCUT2D eigenvalue weighted by molar-refractivity contribution is 5.76. The van der Waals surface area contributed by atoms with E-state index >= 15 is 0 Å². The summed E-state index contributed by atoms with van der Waals surface area (Å²) in [5.41, 5.74) is 0. The van der Waals surface area contributed by atoms with Crippen LogP contribution in [0.3, 0.4) is 0 Å². The molecule has 0 aliphatic carbocycles. The quantitative estimate of drug-likeness (QED) is 0.0264. The monoisotopic (exact) mass is 812 g/mol. The van der Waals surface area contributed by atoms with Crippen LogP contribution < -0.4 is 5.32 Å². The van der Waals surface area contributed by atoms with Gasteiger partial charge in [0.15, 0.2) is 6.29 Å². The first-order valence-electron chi connectivity index (χ1n) is 24.4. The number of amides is 1. The van der Waals surface area contributed by atoms with Gasteiger partial charge in [-0.25, -0.2) is 0 Å². The minimum absolute atomic E-state index is 0.173. The Morgan fingerprint density at radius 3 is 1.37 bits per heavy atom. The first kappa shape index (κ1) is 53.9. The molecular weight excluding hydrogens is 719 g/mol. The minimum atomic E-state index is -1.56. The van der Waals surface area contributed by atoms with E-state index in [0.717, 1.165) is 38.5 Å². The number of carbonyl (C=O) groups is 1. The third kappa shape index (κ3) is 29.7. The Hall–Kier alpha value is -1.07. The summed E-state index contributed by atoms with van der Waals surface area (Å²) in [6.45, 7) is 3.79. The number of aliphatic hydroxyl groups excluding tert-OH is 5. The summed E-state index contributed by atoms with van der Waals surface area (Å²) >= 11 is 0. The number of allylic oxidation sites excluding steroid dienone is 1. The summed E-state index contributed by atoms with van der Waals surface area (Å²) in [4.78, 5) is 13.0. The molecule has 1 amide bonds. The molecule has 57 heavy (non-hydrogen) atoms. The van der Waals surface area contributed by atoms with E-state index in [1.54, 1.807) is 6.08 Å². The lowest BCUT2D eigenvalue weighted by molar-refractivity contribution is -0.302. The van der Waals surface area contributed by atoms with Gasteiger partial charge in [-0.2, -0.15) is 0 Å². The van der Waals surface area contributed by atoms with Gasteiger partial charge in [0.25, 0.3) is 0 Å². The second-order valence-electron chi connectivity index (χ2n) is 17.3. The van der Waals surface area contributed by atoms with E-state index in [0.29, 0.717) is 6.42 Å². The number of hydrogen-bond donors (Lipinski definition) is 6. The highest BCUT2D eigenvalue weighted by Gasteiger charge is 2.44. The summed E-state index contributed by atoms with van der Waals surface area (Å²) < 4.78 is 11.2. The van der Waals surface area contributed by atoms with Gasteiger partial charge in [-0.05, 0) is 19.3 Å². The molecule has 0 radical (unpaired) electrons. The van der Waals surface area contributed by atoms with Crippen LogP contribution in [0.4, 0.5) is 0 Å². The van der Waals surface area contributed by atoms with Gasteiger partial charge in [0.1, 0.15) is 24.4 Å². The van der Waals surface area contributed by atoms with Crippen LogP contribution in [0.1, 0.15) is 232 Å². The highest BCUT2D eigenvalue weighted by Crippen LogP contribution is 2.23. The number of ether oxygens (including phenoxy) is 2. The normalized spacial score (nSPS) is 21.0. The van der Waals surface area contributed by atoms with E-state index in [1.807, 2.05) is 6.08 Å². The maximum Gasteiger partial charge on any atom is 0.220 e. The zero-order valence-electron chi connectivity index (χ0n) is 37.1. The first-order chi connectivity index (χ1) is 27.8. The van der Waals surface area contributed by atoms with Crippen molar-refractivity contribution in [2.24, 2.45) is 0 Å². The van der Waals surface area contributed by atoms with E-state index in [9.17, 15) is 30.3 Å². The van der Waals surface area contributed by atoms with Gasteiger partial charge in [-0.15, -0.1) is 0 Å². The average Bonchev–Trinajstić information content (AvgIpc) is 3.21. The van der Waals surface area contributed by atoms with E-state index < -0.39 is 49.5 Å². The zero-order chi connectivity index (χ0) is 41.6. The molecule has 9 nitrogen and oxygen atoms in total. The second-order valence-corrected chi connectivity index (χ2v) is 17.3. The van der Waals surface area contributed by atoms with Gasteiger partial charge in [0, 0.05) is 6.42 Å². The van der Waals surface area contributed by atoms with Crippen LogP contribution in [0.2, 0.25) is 0 Å². The van der Waals surface area contributed by atoms with Crippen molar-refractivity contribution in [2.75, 3.05) is 13.2 Å². The molecule has 0 aromatic heterocycles. The van der Waals surface area contributed by atoms with Crippen molar-refractivity contribution in [2.45, 2.75) is 275 Å². The number of carbonyl (C=O) groups excluding carboxylic acids is 1. The molecule has 1 aliphatic heterocycles. The number of aliphatic hydroxyl groups is 5. The Morgan fingerprint density at radius 2 is 0.965 bits per heavy atom. The van der Waals surface area contributed by atoms with Crippen molar-refractivity contribution in [1.29, 1.82) is 0 Å². The molecule has 1 saturated heterocycles. The molecule has 0 bridgehead atoms. The molecule has 1 rings (SSSR count). The van der Waals surface area contributed by atoms with Gasteiger partial charge in [-0.3, -0.25) is 4.79 Å². The predicted molar refractivity (Wildman–Crippen MR) is 235 cm³/mol. The number of hydrogen-bond acceptors (Lipinski definition) is 8. The van der Waals surface area contributed by atoms with Crippen LogP contribution in [0, 0.1) is 0 Å². The third-order valence-electron chi connectivity index (χ3n) is 11.9. The number of nitrogens with one attached hydrogen (secondary N) is 1. The first-order valence-corrected chi connectivity index (χ1v) is 24.4. The van der Waals surface area contributed by atoms with Crippen molar-refractivity contribution in [3.63, 3.8) is 0 Å². The van der Waals surface area contributed by atoms with Gasteiger partial charge >= 0.3 is 0 Å². The van der Waals surface area contributed by atoms with Gasteiger partial charge in [-0.1, -0.05) is 219 Å². The Morgan fingerprint density at radius 1 is 0.579 bits per heavy atom. The predicted octanol–water partition coefficient (Wildman–Crippen LogP) is 10.5. The Labute approximate surface area is 350 Å². The van der Waals surface area contributed by atoms with Crippen molar-refractivity contribution < 1.29 is 39.8 Å². The van der Waals surface area contributed by atoms with Crippen LogP contribution in [0.25, 0.3) is 0 Å². The van der Waals surface area contributed by atoms with E-state index in [4.69, 9.17) is 9.47 Å². The SMILES string of the molecule is CCCCCCCCCCCCC/C=C/C(O)C(CO[C@H]1O[C@H](CO)[C@H](O)[C@H](O)[C@H]1O)NC(=O)CCCCCCCCCCCCCCCCCCCCCCC. The number of rotatable bonds is 41. The largest absolute Gasteiger partial charge is 0.394 e. The lowest BCUT2D eigenvalue weighted by Crippen LogP contribution is -2.60. The van der Waals surface area contributed by atoms with Crippen LogP contribution in [-0.4, -0.2) is 87.5 Å². The molecule has 6 N–H and O–H groups in total. The van der Waals surface area contributed by atoms with Crippen molar-refractivity contribution in [3.8, 4) is 0 Å². The molecule has 1 aliphatic rings. The fourth-order valence-electron chi connectivity index (χ4n) is 7.92. The maximum atomic E-state index is 13.0. The van der Waals surface area contributed by atoms with Gasteiger partial charge < -0.3 is 40.3 Å². The molecule has 2 unspecified atom stereocenters. The lowest BCUT2D eigenvalue weighted by Gasteiger charge is -2.40. The Balaban J connectivity index is 2.27. The topological polar surface area (TPSA) is 149 Å². The lowest BCUT2D eigenvalue weighted by atomic mass is 9.99. The van der Waals surface area contributed by atoms with E-state index in [1.165, 1.54) is 173 Å². The van der Waals surface area contributed by atoms with Crippen LogP contribution in [0.15, 0.2) is 12.2 Å². The zero-order valence-corrected chi connectivity index (χ0v) is 37.1. The minimum Gasteiger partial charge on any atom is -0.394 e. The molecular formula is C48H93NO8. The molecule has 0 aromatic carbocycles. The van der Waals surface area contributed by atoms with E-state index in [2.05, 4.69) is 19.2 Å². The highest BCUT2D eigenvalue weighted by atomic mass is 16.7. The smallest absolute Gasteiger partial charge is 0.220 e. The molecule has 338 valence electrons. The van der Waals surface area contributed by atoms with Crippen molar-refractivity contribution in [3.05, 3.63) is 12.2 Å². The van der Waals surface area contributed by atoms with Crippen molar-refractivity contribution in [1.82, 2.24) is 5.32 Å². The van der Waals surface area contributed by atoms with Crippen molar-refractivity contribution >= 4 is 5.91 Å². The van der Waals surface area contributed by atoms with Gasteiger partial charge in [0.2, 0.25) is 5.91 Å². The molecule has 0 aromatic rings. The van der Waals surface area contributed by atoms with Gasteiger partial charge in [0.05, 0.1) is 25.4 Å². The summed E-state index contributed by atoms with van der Waals surface area (Å²) in [6.07, 6.45) is 38.3. The molecule has 0 saturated carbocycles. The fourth-order valence-corrected chi connectivity index (χ4v) is 7.92. The third-order valence-corrected chi connectivity index (χ3v) is 11.9. The summed E-state index contributed by atoms with van der Waals surface area (Å²) in [5, 5.41) is 54.2. The maximum absolute atomic E-state index is 13.0. The van der Waals surface area contributed by atoms with Crippen LogP contribution >= 0.6 is 0 Å². The Kier molecular flexibility index (Phi) is 37.0. The Bertz CT molecular complexity index is 904. The van der Waals surface area contributed by atoms with Crippen LogP contribution in [-0.2, 0) is 14.3 Å². The summed E-state index contributed by atoms with van der Waals surface area (Å²) in [7, 11) is 0. The molecule has 9 heteroatoms. The molecule has 0 spiro atoms. The van der Waals surface area contributed by atoms with E-state index in [-0.39, 0.29) is 12.5 Å². The fraction of sp³-hybridized carbons (Fsp3) is 0.938. The molecule has 1 fully saturated rings. The average molecular weight is 812 g/mol. The van der Waals surface area contributed by atoms with Crippen LogP contribution in [0.5, 0.6) is 0 Å². The molecule has 7 atom stereocenters.